The van der Waals surface area contributed by atoms with E-state index in [4.69, 9.17) is 4.74 Å². The summed E-state index contributed by atoms with van der Waals surface area (Å²) in [5.74, 6) is -1.55. The Morgan fingerprint density at radius 1 is 1.00 bits per heavy atom. The first-order valence-corrected chi connectivity index (χ1v) is 5.62. The quantitative estimate of drug-likeness (QED) is 0.493. The second kappa shape index (κ2) is 6.40. The normalized spacial score (nSPS) is 11.0. The van der Waals surface area contributed by atoms with Crippen molar-refractivity contribution in [1.82, 2.24) is 0 Å². The molecule has 92 valence electrons. The molecule has 0 bridgehead atoms. The average molecular weight is 228 g/mol. The molecule has 0 aliphatic carbocycles. The van der Waals surface area contributed by atoms with Crippen LogP contribution in [-0.2, 0) is 19.1 Å². The second-order valence-corrected chi connectivity index (χ2v) is 3.90. The van der Waals surface area contributed by atoms with Crippen LogP contribution in [0.25, 0.3) is 0 Å². The van der Waals surface area contributed by atoms with Crippen LogP contribution in [0.2, 0.25) is 0 Å². The van der Waals surface area contributed by atoms with Crippen LogP contribution in [0.3, 0.4) is 0 Å². The Hall–Kier alpha value is -1.19. The van der Waals surface area contributed by atoms with Crippen LogP contribution in [0.5, 0.6) is 0 Å². The molecule has 0 aromatic carbocycles. The molecule has 0 aliphatic heterocycles. The minimum absolute atomic E-state index is 0.222. The van der Waals surface area contributed by atoms with Gasteiger partial charge < -0.3 is 4.74 Å². The highest BCUT2D eigenvalue weighted by molar-refractivity contribution is 6.21. The first-order chi connectivity index (χ1) is 7.43. The number of Topliss-reactive ketones (excluding diaryl/α,β-unsaturated/α-hetero) is 2. The summed E-state index contributed by atoms with van der Waals surface area (Å²) in [5.41, 5.74) is -1.58. The number of hydrogen-bond acceptors (Lipinski definition) is 4. The summed E-state index contributed by atoms with van der Waals surface area (Å²) in [4.78, 5) is 35.0. The Kier molecular flexibility index (Phi) is 5.93. The van der Waals surface area contributed by atoms with E-state index in [2.05, 4.69) is 0 Å². The van der Waals surface area contributed by atoms with Crippen LogP contribution in [0.15, 0.2) is 0 Å². The lowest BCUT2D eigenvalue weighted by Gasteiger charge is -2.25. The first kappa shape index (κ1) is 14.8. The average Bonchev–Trinajstić information content (AvgIpc) is 2.21. The minimum atomic E-state index is -1.58. The number of ether oxygens (including phenoxy) is 1. The van der Waals surface area contributed by atoms with E-state index in [9.17, 15) is 14.4 Å². The van der Waals surface area contributed by atoms with Gasteiger partial charge in [-0.25, -0.2) is 0 Å². The summed E-state index contributed by atoms with van der Waals surface area (Å²) in [5, 5.41) is 0. The Morgan fingerprint density at radius 2 is 1.50 bits per heavy atom. The summed E-state index contributed by atoms with van der Waals surface area (Å²) in [6, 6.07) is 0. The molecule has 0 saturated heterocycles. The number of ketones is 2. The molecule has 0 aliphatic rings. The maximum Gasteiger partial charge on any atom is 0.327 e. The molecule has 0 fully saturated rings. The van der Waals surface area contributed by atoms with E-state index >= 15 is 0 Å². The van der Waals surface area contributed by atoms with Crippen LogP contribution in [-0.4, -0.2) is 24.1 Å². The molecule has 0 N–H and O–H groups in total. The summed E-state index contributed by atoms with van der Waals surface area (Å²) in [6.07, 6.45) is 1.48. The first-order valence-electron chi connectivity index (χ1n) is 5.62. The molecule has 0 spiro atoms. The van der Waals surface area contributed by atoms with E-state index in [1.807, 2.05) is 13.8 Å². The standard InChI is InChI=1S/C12H20O4/c1-5-7-12(9(3)13,10(4)14)11(15)16-8-6-2/h5-8H2,1-4H3. The summed E-state index contributed by atoms with van der Waals surface area (Å²) >= 11 is 0. The molecule has 0 saturated carbocycles. The lowest BCUT2D eigenvalue weighted by molar-refractivity contribution is -0.164. The molecular weight excluding hydrogens is 208 g/mol. The number of carbonyl (C=O) groups is 3. The summed E-state index contributed by atoms with van der Waals surface area (Å²) in [6.45, 7) is 6.46. The molecular formula is C12H20O4. The Morgan fingerprint density at radius 3 is 1.81 bits per heavy atom. The molecule has 4 nitrogen and oxygen atoms in total. The monoisotopic (exact) mass is 228 g/mol. The van der Waals surface area contributed by atoms with Crippen molar-refractivity contribution < 1.29 is 19.1 Å². The fourth-order valence-corrected chi connectivity index (χ4v) is 1.68. The topological polar surface area (TPSA) is 60.4 Å². The summed E-state index contributed by atoms with van der Waals surface area (Å²) < 4.78 is 4.95. The van der Waals surface area contributed by atoms with Gasteiger partial charge in [-0.3, -0.25) is 14.4 Å². The molecule has 0 aromatic rings. The van der Waals surface area contributed by atoms with Crippen molar-refractivity contribution in [3.05, 3.63) is 0 Å². The van der Waals surface area contributed by atoms with Crippen LogP contribution in [0.4, 0.5) is 0 Å². The highest BCUT2D eigenvalue weighted by Gasteiger charge is 2.48. The number of rotatable bonds is 7. The van der Waals surface area contributed by atoms with Crippen molar-refractivity contribution in [3.8, 4) is 0 Å². The third kappa shape index (κ3) is 2.90. The van der Waals surface area contributed by atoms with Crippen LogP contribution in [0, 0.1) is 5.41 Å². The fourth-order valence-electron chi connectivity index (χ4n) is 1.68. The van der Waals surface area contributed by atoms with Crippen molar-refractivity contribution in [1.29, 1.82) is 0 Å². The maximum atomic E-state index is 11.8. The molecule has 0 heterocycles. The van der Waals surface area contributed by atoms with Gasteiger partial charge in [0.15, 0.2) is 17.0 Å². The molecule has 16 heavy (non-hydrogen) atoms. The number of esters is 1. The lowest BCUT2D eigenvalue weighted by Crippen LogP contribution is -2.45. The Labute approximate surface area is 96.4 Å². The minimum Gasteiger partial charge on any atom is -0.465 e. The molecule has 0 unspecified atom stereocenters. The molecule has 0 rings (SSSR count). The predicted molar refractivity (Wildman–Crippen MR) is 60.0 cm³/mol. The van der Waals surface area contributed by atoms with Gasteiger partial charge in [0.1, 0.15) is 0 Å². The van der Waals surface area contributed by atoms with Gasteiger partial charge in [-0.05, 0) is 26.7 Å². The Bertz CT molecular complexity index is 267. The Balaban J connectivity index is 5.09. The van der Waals surface area contributed by atoms with Gasteiger partial charge in [0.25, 0.3) is 0 Å². The second-order valence-electron chi connectivity index (χ2n) is 3.90. The fraction of sp³-hybridized carbons (Fsp3) is 0.750. The van der Waals surface area contributed by atoms with Gasteiger partial charge >= 0.3 is 5.97 Å². The molecule has 4 heteroatoms. The maximum absolute atomic E-state index is 11.8. The van der Waals surface area contributed by atoms with Crippen LogP contribution in [0.1, 0.15) is 47.0 Å². The predicted octanol–water partition coefficient (Wildman–Crippen LogP) is 1.90. The van der Waals surface area contributed by atoms with Crippen molar-refractivity contribution in [3.63, 3.8) is 0 Å². The van der Waals surface area contributed by atoms with Crippen molar-refractivity contribution in [2.45, 2.75) is 47.0 Å². The zero-order chi connectivity index (χ0) is 12.8. The highest BCUT2D eigenvalue weighted by Crippen LogP contribution is 2.28. The summed E-state index contributed by atoms with van der Waals surface area (Å²) in [7, 11) is 0. The van der Waals surface area contributed by atoms with E-state index < -0.39 is 23.0 Å². The zero-order valence-corrected chi connectivity index (χ0v) is 10.5. The lowest BCUT2D eigenvalue weighted by atomic mass is 9.76. The molecule has 0 amide bonds. The van der Waals surface area contributed by atoms with Crippen molar-refractivity contribution >= 4 is 17.5 Å². The van der Waals surface area contributed by atoms with Crippen LogP contribution >= 0.6 is 0 Å². The van der Waals surface area contributed by atoms with E-state index in [1.165, 1.54) is 13.8 Å². The van der Waals surface area contributed by atoms with E-state index in [-0.39, 0.29) is 13.0 Å². The third-order valence-electron chi connectivity index (χ3n) is 2.61. The van der Waals surface area contributed by atoms with Crippen molar-refractivity contribution in [2.24, 2.45) is 5.41 Å². The van der Waals surface area contributed by atoms with Gasteiger partial charge in [-0.15, -0.1) is 0 Å². The molecule has 0 radical (unpaired) electrons. The third-order valence-corrected chi connectivity index (χ3v) is 2.61. The van der Waals surface area contributed by atoms with Crippen LogP contribution < -0.4 is 0 Å². The van der Waals surface area contributed by atoms with E-state index in [1.54, 1.807) is 0 Å². The zero-order valence-electron chi connectivity index (χ0n) is 10.5. The highest BCUT2D eigenvalue weighted by atomic mass is 16.5. The van der Waals surface area contributed by atoms with Crippen molar-refractivity contribution in [2.75, 3.05) is 6.61 Å². The SMILES string of the molecule is CCCOC(=O)C(CCC)(C(C)=O)C(C)=O. The smallest absolute Gasteiger partial charge is 0.327 e. The van der Waals surface area contributed by atoms with Gasteiger partial charge in [-0.2, -0.15) is 0 Å². The van der Waals surface area contributed by atoms with E-state index in [0.717, 1.165) is 0 Å². The van der Waals surface area contributed by atoms with Gasteiger partial charge in [0.2, 0.25) is 0 Å². The number of carbonyl (C=O) groups excluding carboxylic acids is 3. The number of hydrogen-bond donors (Lipinski definition) is 0. The van der Waals surface area contributed by atoms with Gasteiger partial charge in [0.05, 0.1) is 6.61 Å². The van der Waals surface area contributed by atoms with E-state index in [0.29, 0.717) is 12.8 Å². The van der Waals surface area contributed by atoms with Gasteiger partial charge in [0, 0.05) is 0 Å². The van der Waals surface area contributed by atoms with Gasteiger partial charge in [-0.1, -0.05) is 20.3 Å². The largest absolute Gasteiger partial charge is 0.465 e. The molecule has 0 aromatic heterocycles. The molecule has 0 atom stereocenters.